The second kappa shape index (κ2) is 14.3. The first-order chi connectivity index (χ1) is 30.3. The summed E-state index contributed by atoms with van der Waals surface area (Å²) >= 11 is 3.10. The third kappa shape index (κ3) is 5.51. The van der Waals surface area contributed by atoms with Crippen LogP contribution in [0.3, 0.4) is 0 Å². The normalized spacial score (nSPS) is 20.4. The van der Waals surface area contributed by atoms with E-state index in [0.717, 1.165) is 117 Å². The average molecular weight is 843 g/mol. The molecule has 0 atom stereocenters. The first-order valence-electron chi connectivity index (χ1n) is 20.9. The van der Waals surface area contributed by atoms with Crippen LogP contribution < -0.4 is 9.47 Å². The van der Waals surface area contributed by atoms with E-state index < -0.39 is 11.2 Å². The molecule has 0 radical (unpaired) electrons. The number of Topliss-reactive ketones (excluding diaryl/α,β-unsaturated/α-hetero) is 2. The van der Waals surface area contributed by atoms with Gasteiger partial charge in [0.15, 0.2) is 11.6 Å². The first kappa shape index (κ1) is 37.9. The van der Waals surface area contributed by atoms with Crippen molar-refractivity contribution in [1.82, 2.24) is 0 Å². The molecule has 0 amide bonds. The van der Waals surface area contributed by atoms with E-state index in [0.29, 0.717) is 44.5 Å². The lowest BCUT2D eigenvalue weighted by molar-refractivity contribution is 0.0205. The summed E-state index contributed by atoms with van der Waals surface area (Å²) in [7, 11) is 0. The number of ketones is 2. The van der Waals surface area contributed by atoms with Crippen molar-refractivity contribution in [3.05, 3.63) is 150 Å². The maximum atomic E-state index is 13.9. The highest BCUT2D eigenvalue weighted by Crippen LogP contribution is 2.61. The Kier molecular flexibility index (Phi) is 8.71. The van der Waals surface area contributed by atoms with Crippen LogP contribution in [0.2, 0.25) is 0 Å². The molecule has 2 aromatic heterocycles. The summed E-state index contributed by atoms with van der Waals surface area (Å²) in [6.45, 7) is 7.77. The molecule has 2 spiro atoms. The van der Waals surface area contributed by atoms with Gasteiger partial charge in [0.05, 0.1) is 22.4 Å². The number of carbonyl (C=O) groups is 2. The minimum atomic E-state index is -0.560. The summed E-state index contributed by atoms with van der Waals surface area (Å²) in [6.07, 6.45) is 13.4. The summed E-state index contributed by atoms with van der Waals surface area (Å²) in [5.41, 5.74) is 6.73. The summed E-state index contributed by atoms with van der Waals surface area (Å²) in [4.78, 5) is 34.9. The van der Waals surface area contributed by atoms with Crippen LogP contribution in [-0.4, -0.2) is 11.6 Å². The molecule has 0 N–H and O–H groups in total. The van der Waals surface area contributed by atoms with Gasteiger partial charge in [0.2, 0.25) is 0 Å². The summed E-state index contributed by atoms with van der Waals surface area (Å²) in [5, 5.41) is 29.9. The highest BCUT2D eigenvalue weighted by Gasteiger charge is 2.48. The molecule has 298 valence electrons. The largest absolute Gasteiger partial charge is 0.481 e. The summed E-state index contributed by atoms with van der Waals surface area (Å²) in [6, 6.07) is 29.1. The van der Waals surface area contributed by atoms with E-state index in [4.69, 9.17) is 16.0 Å². The maximum absolute atomic E-state index is 13.9. The second-order valence-corrected chi connectivity index (χ2v) is 18.9. The number of nitriles is 3. The molecule has 6 aliphatic rings. The number of allylic oxidation sites excluding steroid dienone is 6. The van der Waals surface area contributed by atoms with Gasteiger partial charge in [-0.15, -0.1) is 22.7 Å². The lowest BCUT2D eigenvalue weighted by atomic mass is 9.71. The van der Waals surface area contributed by atoms with Crippen LogP contribution in [0.4, 0.5) is 0 Å². The number of hydrogen-bond acceptors (Lipinski definition) is 9. The van der Waals surface area contributed by atoms with E-state index in [1.807, 2.05) is 54.6 Å². The molecule has 4 aliphatic carbocycles. The number of rotatable bonds is 2. The quantitative estimate of drug-likeness (QED) is 0.0983. The van der Waals surface area contributed by atoms with Crippen molar-refractivity contribution in [3.63, 3.8) is 0 Å². The van der Waals surface area contributed by atoms with Crippen LogP contribution in [-0.2, 0) is 11.2 Å². The van der Waals surface area contributed by atoms with Crippen molar-refractivity contribution < 1.29 is 19.1 Å². The van der Waals surface area contributed by atoms with Crippen molar-refractivity contribution in [2.24, 2.45) is 0 Å². The van der Waals surface area contributed by atoms with Crippen molar-refractivity contribution in [2.75, 3.05) is 0 Å². The predicted octanol–water partition coefficient (Wildman–Crippen LogP) is 12.8. The Balaban J connectivity index is 1.08. The highest BCUT2D eigenvalue weighted by atomic mass is 32.1. The lowest BCUT2D eigenvalue weighted by Crippen LogP contribution is -2.40. The minimum absolute atomic E-state index is 0.0949. The van der Waals surface area contributed by atoms with Crippen molar-refractivity contribution in [3.8, 4) is 50.6 Å². The van der Waals surface area contributed by atoms with Crippen LogP contribution in [0.5, 0.6) is 11.5 Å². The Hall–Kier alpha value is -7.08. The topological polar surface area (TPSA) is 128 Å². The molecule has 10 heteroatoms. The van der Waals surface area contributed by atoms with Gasteiger partial charge in [-0.1, -0.05) is 61.4 Å². The third-order valence-electron chi connectivity index (χ3n) is 13.4. The number of carbonyl (C=O) groups excluding carboxylic acids is 2. The van der Waals surface area contributed by atoms with Gasteiger partial charge in [-0.3, -0.25) is 9.59 Å². The standard InChI is InChI=1S/C52H34N4O4S2/c1-56-42(28-55)46-33-13-5-7-15-35(33)48(58)39(46)21-31-23-44-50(62-31)37-25-40-36(24-41(37)52(60-44)18-10-3-11-19-52)49-43(59-51(40)16-8-2-9-17-51)22-30(61-49)20-38-45(29(26-53)27-54)32-12-4-6-14-34(32)47(38)57/h4-7,12-15,20-25H,2-3,8-11,16-19H2/b38-20-,39-21-,46-42?. The Bertz CT molecular complexity index is 2940. The van der Waals surface area contributed by atoms with E-state index >= 15 is 0 Å². The molecule has 4 heterocycles. The van der Waals surface area contributed by atoms with Gasteiger partial charge < -0.3 is 9.47 Å². The molecule has 0 unspecified atom stereocenters. The third-order valence-corrected chi connectivity index (χ3v) is 15.6. The Morgan fingerprint density at radius 3 is 1.47 bits per heavy atom. The van der Waals surface area contributed by atoms with Crippen molar-refractivity contribution >= 4 is 57.5 Å². The zero-order valence-electron chi connectivity index (χ0n) is 33.4. The van der Waals surface area contributed by atoms with Gasteiger partial charge in [-0.2, -0.15) is 10.5 Å². The zero-order chi connectivity index (χ0) is 42.3. The van der Waals surface area contributed by atoms with Gasteiger partial charge >= 0.3 is 0 Å². The van der Waals surface area contributed by atoms with E-state index in [-0.39, 0.29) is 22.8 Å². The molecule has 2 fully saturated rings. The zero-order valence-corrected chi connectivity index (χ0v) is 35.0. The Morgan fingerprint density at radius 2 is 1.03 bits per heavy atom. The smallest absolute Gasteiger partial charge is 0.270 e. The Labute approximate surface area is 366 Å². The molecular weight excluding hydrogens is 809 g/mol. The van der Waals surface area contributed by atoms with Gasteiger partial charge in [0, 0.05) is 65.4 Å². The summed E-state index contributed by atoms with van der Waals surface area (Å²) in [5.74, 6) is 1.12. The van der Waals surface area contributed by atoms with E-state index in [9.17, 15) is 25.4 Å². The fraction of sp³-hybridized carbons (Fsp3) is 0.231. The van der Waals surface area contributed by atoms with Crippen LogP contribution in [0.15, 0.2) is 95.2 Å². The number of thiophene rings is 2. The number of benzene rings is 3. The van der Waals surface area contributed by atoms with Crippen LogP contribution in [0, 0.1) is 40.6 Å². The SMILES string of the molecule is [C-]#[N+]C(C#N)=C1/C(=C/c2cc3c(s2)-c2cc4c(cc2C2(CCCCC2)O3)-c2sc(/C=C3\C(=O)c5ccccc5C3=C(C#N)C#N)cc2OC42CCCCC2)C(=O)c2ccccc21. The molecule has 11 rings (SSSR count). The van der Waals surface area contributed by atoms with Gasteiger partial charge in [-0.05, 0) is 98.9 Å². The fourth-order valence-electron chi connectivity index (χ4n) is 10.7. The molecule has 2 saturated carbocycles. The number of hydrogen-bond donors (Lipinski definition) is 0. The number of nitrogens with zero attached hydrogens (tertiary/aromatic N) is 4. The molecule has 2 aliphatic heterocycles. The fourth-order valence-corrected chi connectivity index (χ4v) is 12.8. The molecule has 3 aromatic carbocycles. The van der Waals surface area contributed by atoms with Crippen molar-refractivity contribution in [2.45, 2.75) is 75.4 Å². The lowest BCUT2D eigenvalue weighted by Gasteiger charge is -2.45. The van der Waals surface area contributed by atoms with Crippen LogP contribution in [0.1, 0.15) is 117 Å². The molecule has 8 nitrogen and oxygen atoms in total. The highest BCUT2D eigenvalue weighted by molar-refractivity contribution is 7.17. The monoisotopic (exact) mass is 842 g/mol. The van der Waals surface area contributed by atoms with Gasteiger partial charge in [-0.25, -0.2) is 10.1 Å². The molecule has 0 bridgehead atoms. The molecule has 5 aromatic rings. The van der Waals surface area contributed by atoms with Crippen molar-refractivity contribution in [1.29, 1.82) is 15.8 Å². The summed E-state index contributed by atoms with van der Waals surface area (Å²) < 4.78 is 14.4. The maximum Gasteiger partial charge on any atom is 0.270 e. The molecule has 62 heavy (non-hydrogen) atoms. The van der Waals surface area contributed by atoms with Gasteiger partial charge in [0.1, 0.15) is 40.4 Å². The van der Waals surface area contributed by atoms with E-state index in [2.05, 4.69) is 17.0 Å². The van der Waals surface area contributed by atoms with E-state index in [1.165, 1.54) is 0 Å². The second-order valence-electron chi connectivity index (χ2n) is 16.7. The minimum Gasteiger partial charge on any atom is -0.481 e. The predicted molar refractivity (Wildman–Crippen MR) is 239 cm³/mol. The van der Waals surface area contributed by atoms with E-state index in [1.54, 1.807) is 59.1 Å². The first-order valence-corrected chi connectivity index (χ1v) is 22.6. The van der Waals surface area contributed by atoms with Crippen LogP contribution >= 0.6 is 22.7 Å². The molecule has 0 saturated heterocycles. The number of ether oxygens (including phenoxy) is 2. The van der Waals surface area contributed by atoms with Gasteiger partial charge in [0.25, 0.3) is 5.70 Å². The number of fused-ring (bicyclic) bond motifs is 10. The molecular formula is C52H34N4O4S2. The van der Waals surface area contributed by atoms with Crippen LogP contribution in [0.25, 0.3) is 49.0 Å². The Morgan fingerprint density at radius 1 is 0.597 bits per heavy atom. The average Bonchev–Trinajstić information content (AvgIpc) is 4.04.